The Morgan fingerprint density at radius 1 is 1.00 bits per heavy atom. The van der Waals surface area contributed by atoms with Crippen LogP contribution in [0.1, 0.15) is 12.5 Å². The summed E-state index contributed by atoms with van der Waals surface area (Å²) in [6.45, 7) is 3.11. The summed E-state index contributed by atoms with van der Waals surface area (Å²) in [5.74, 6) is 1.66. The van der Waals surface area contributed by atoms with E-state index < -0.39 is 0 Å². The number of ether oxygens (including phenoxy) is 1. The molecule has 3 nitrogen and oxygen atoms in total. The highest BCUT2D eigenvalue weighted by atomic mass is 16.5. The maximum atomic E-state index is 9.16. The summed E-state index contributed by atoms with van der Waals surface area (Å²) in [5.41, 5.74) is 1.17. The molecule has 0 fully saturated rings. The average Bonchev–Trinajstić information content (AvgIpc) is 2.42. The number of rotatable bonds is 6. The van der Waals surface area contributed by atoms with E-state index in [2.05, 4.69) is 5.32 Å². The first-order valence-electron chi connectivity index (χ1n) is 6.44. The summed E-state index contributed by atoms with van der Waals surface area (Å²) in [4.78, 5) is 0. The van der Waals surface area contributed by atoms with Crippen molar-refractivity contribution in [3.8, 4) is 11.5 Å². The van der Waals surface area contributed by atoms with E-state index in [1.807, 2.05) is 54.6 Å². The van der Waals surface area contributed by atoms with Gasteiger partial charge in [0, 0.05) is 13.1 Å². The maximum absolute atomic E-state index is 9.16. The van der Waals surface area contributed by atoms with Crippen molar-refractivity contribution in [1.82, 2.24) is 5.32 Å². The molecule has 0 amide bonds. The van der Waals surface area contributed by atoms with Gasteiger partial charge in [0.1, 0.15) is 11.5 Å². The van der Waals surface area contributed by atoms with Crippen LogP contribution in [-0.4, -0.2) is 17.8 Å². The lowest BCUT2D eigenvalue weighted by atomic mass is 10.2. The number of hydrogen-bond acceptors (Lipinski definition) is 3. The van der Waals surface area contributed by atoms with Gasteiger partial charge in [-0.2, -0.15) is 0 Å². The molecule has 19 heavy (non-hydrogen) atoms. The molecule has 2 N–H and O–H groups in total. The fourth-order valence-corrected chi connectivity index (χ4v) is 1.73. The number of aliphatic hydroxyl groups excluding tert-OH is 1. The van der Waals surface area contributed by atoms with Gasteiger partial charge in [-0.25, -0.2) is 0 Å². The smallest absolute Gasteiger partial charge is 0.127 e. The number of para-hydroxylation sites is 1. The number of hydrogen-bond donors (Lipinski definition) is 2. The van der Waals surface area contributed by atoms with Crippen LogP contribution >= 0.6 is 0 Å². The molecular formula is C16H19NO2. The van der Waals surface area contributed by atoms with E-state index in [-0.39, 0.29) is 6.10 Å². The minimum atomic E-state index is -0.319. The summed E-state index contributed by atoms with van der Waals surface area (Å²) in [7, 11) is 0. The Morgan fingerprint density at radius 2 is 1.63 bits per heavy atom. The van der Waals surface area contributed by atoms with E-state index >= 15 is 0 Å². The normalized spacial score (nSPS) is 12.1. The van der Waals surface area contributed by atoms with Crippen molar-refractivity contribution in [3.63, 3.8) is 0 Å². The molecule has 0 bridgehead atoms. The Bertz CT molecular complexity index is 480. The highest BCUT2D eigenvalue weighted by Gasteiger charge is 1.98. The van der Waals surface area contributed by atoms with Gasteiger partial charge in [-0.15, -0.1) is 0 Å². The molecule has 1 atom stereocenters. The maximum Gasteiger partial charge on any atom is 0.127 e. The summed E-state index contributed by atoms with van der Waals surface area (Å²) in [6.07, 6.45) is -0.319. The SMILES string of the molecule is CC(O)CNCc1ccc(Oc2ccccc2)cc1. The van der Waals surface area contributed by atoms with Crippen molar-refractivity contribution < 1.29 is 9.84 Å². The standard InChI is InChI=1S/C16H19NO2/c1-13(18)11-17-12-14-7-9-16(10-8-14)19-15-5-3-2-4-6-15/h2-10,13,17-18H,11-12H2,1H3. The van der Waals surface area contributed by atoms with Crippen molar-refractivity contribution in [1.29, 1.82) is 0 Å². The van der Waals surface area contributed by atoms with E-state index in [0.717, 1.165) is 18.0 Å². The highest BCUT2D eigenvalue weighted by molar-refractivity contribution is 5.32. The minimum Gasteiger partial charge on any atom is -0.457 e. The third-order valence-electron chi connectivity index (χ3n) is 2.67. The Morgan fingerprint density at radius 3 is 2.26 bits per heavy atom. The molecule has 0 aromatic heterocycles. The van der Waals surface area contributed by atoms with Crippen LogP contribution < -0.4 is 10.1 Å². The van der Waals surface area contributed by atoms with Gasteiger partial charge in [0.2, 0.25) is 0 Å². The molecule has 1 unspecified atom stereocenters. The van der Waals surface area contributed by atoms with Gasteiger partial charge < -0.3 is 15.2 Å². The molecule has 0 aliphatic rings. The molecule has 0 saturated carbocycles. The quantitative estimate of drug-likeness (QED) is 0.836. The van der Waals surface area contributed by atoms with Crippen molar-refractivity contribution in [2.75, 3.05) is 6.54 Å². The fourth-order valence-electron chi connectivity index (χ4n) is 1.73. The number of nitrogens with one attached hydrogen (secondary N) is 1. The van der Waals surface area contributed by atoms with Gasteiger partial charge in [-0.3, -0.25) is 0 Å². The predicted octanol–water partition coefficient (Wildman–Crippen LogP) is 2.95. The number of benzene rings is 2. The van der Waals surface area contributed by atoms with E-state index in [0.29, 0.717) is 6.54 Å². The molecular weight excluding hydrogens is 238 g/mol. The van der Waals surface area contributed by atoms with E-state index in [4.69, 9.17) is 9.84 Å². The molecule has 0 aliphatic carbocycles. The molecule has 100 valence electrons. The summed E-state index contributed by atoms with van der Waals surface area (Å²) < 4.78 is 5.72. The third-order valence-corrected chi connectivity index (χ3v) is 2.67. The van der Waals surface area contributed by atoms with Crippen LogP contribution in [-0.2, 0) is 6.54 Å². The van der Waals surface area contributed by atoms with Crippen LogP contribution in [0.25, 0.3) is 0 Å². The van der Waals surface area contributed by atoms with Gasteiger partial charge in [0.25, 0.3) is 0 Å². The average molecular weight is 257 g/mol. The molecule has 0 saturated heterocycles. The van der Waals surface area contributed by atoms with Gasteiger partial charge in [-0.05, 0) is 36.8 Å². The second-order valence-electron chi connectivity index (χ2n) is 4.54. The second kappa shape index (κ2) is 6.92. The second-order valence-corrected chi connectivity index (χ2v) is 4.54. The van der Waals surface area contributed by atoms with Gasteiger partial charge >= 0.3 is 0 Å². The predicted molar refractivity (Wildman–Crippen MR) is 76.3 cm³/mol. The van der Waals surface area contributed by atoms with E-state index in [1.165, 1.54) is 5.56 Å². The molecule has 0 radical (unpaired) electrons. The molecule has 0 aliphatic heterocycles. The Hall–Kier alpha value is -1.84. The van der Waals surface area contributed by atoms with Crippen molar-refractivity contribution in [2.45, 2.75) is 19.6 Å². The van der Waals surface area contributed by atoms with Gasteiger partial charge in [-0.1, -0.05) is 30.3 Å². The lowest BCUT2D eigenvalue weighted by molar-refractivity contribution is 0.191. The topological polar surface area (TPSA) is 41.5 Å². The summed E-state index contributed by atoms with van der Waals surface area (Å²) >= 11 is 0. The highest BCUT2D eigenvalue weighted by Crippen LogP contribution is 2.20. The van der Waals surface area contributed by atoms with E-state index in [1.54, 1.807) is 6.92 Å². The van der Waals surface area contributed by atoms with Crippen LogP contribution in [0.4, 0.5) is 0 Å². The first kappa shape index (κ1) is 13.6. The zero-order chi connectivity index (χ0) is 13.5. The summed E-state index contributed by atoms with van der Waals surface area (Å²) in [6, 6.07) is 17.7. The Balaban J connectivity index is 1.88. The largest absolute Gasteiger partial charge is 0.457 e. The first-order valence-corrected chi connectivity index (χ1v) is 6.44. The van der Waals surface area contributed by atoms with Gasteiger partial charge in [0.05, 0.1) is 6.10 Å². The van der Waals surface area contributed by atoms with Crippen molar-refractivity contribution in [2.24, 2.45) is 0 Å². The van der Waals surface area contributed by atoms with Crippen LogP contribution in [0, 0.1) is 0 Å². The molecule has 2 aromatic rings. The molecule has 0 spiro atoms. The fraction of sp³-hybridized carbons (Fsp3) is 0.250. The third kappa shape index (κ3) is 4.73. The van der Waals surface area contributed by atoms with Crippen LogP contribution in [0.2, 0.25) is 0 Å². The Labute approximate surface area is 113 Å². The molecule has 2 aromatic carbocycles. The lowest BCUT2D eigenvalue weighted by Gasteiger charge is -2.08. The Kier molecular flexibility index (Phi) is 4.95. The first-order chi connectivity index (χ1) is 9.24. The molecule has 3 heteroatoms. The minimum absolute atomic E-state index is 0.319. The molecule has 2 rings (SSSR count). The number of aliphatic hydroxyl groups is 1. The zero-order valence-corrected chi connectivity index (χ0v) is 11.0. The van der Waals surface area contributed by atoms with Crippen molar-refractivity contribution >= 4 is 0 Å². The van der Waals surface area contributed by atoms with Crippen molar-refractivity contribution in [3.05, 3.63) is 60.2 Å². The molecule has 0 heterocycles. The van der Waals surface area contributed by atoms with E-state index in [9.17, 15) is 0 Å². The van der Waals surface area contributed by atoms with Crippen LogP contribution in [0.15, 0.2) is 54.6 Å². The summed E-state index contributed by atoms with van der Waals surface area (Å²) in [5, 5.41) is 12.3. The zero-order valence-electron chi connectivity index (χ0n) is 11.0. The lowest BCUT2D eigenvalue weighted by Crippen LogP contribution is -2.23. The monoisotopic (exact) mass is 257 g/mol. The van der Waals surface area contributed by atoms with Crippen LogP contribution in [0.5, 0.6) is 11.5 Å². The van der Waals surface area contributed by atoms with Crippen LogP contribution in [0.3, 0.4) is 0 Å². The van der Waals surface area contributed by atoms with Gasteiger partial charge in [0.15, 0.2) is 0 Å².